The maximum Gasteiger partial charge on any atom is 0.269 e. The lowest BCUT2D eigenvalue weighted by Crippen LogP contribution is -2.17. The van der Waals surface area contributed by atoms with Gasteiger partial charge in [-0.1, -0.05) is 0 Å². The summed E-state index contributed by atoms with van der Waals surface area (Å²) in [7, 11) is 0. The summed E-state index contributed by atoms with van der Waals surface area (Å²) in [6.07, 6.45) is 3.77. The topological polar surface area (TPSA) is 72.9 Å². The standard InChI is InChI=1S/C10H14N4O/c1-6(2)14-8-3-4-12-5-7(8)9(13-14)10(11)15/h3-4,6,12H,5H2,1-2H3,(H2,11,15). The molecule has 0 fully saturated rings. The molecular weight excluding hydrogens is 192 g/mol. The molecule has 2 heterocycles. The van der Waals surface area contributed by atoms with Crippen LogP contribution in [0.3, 0.4) is 0 Å². The van der Waals surface area contributed by atoms with Crippen LogP contribution in [0.25, 0.3) is 6.08 Å². The first-order chi connectivity index (χ1) is 7.11. The van der Waals surface area contributed by atoms with Gasteiger partial charge in [-0.05, 0) is 26.1 Å². The van der Waals surface area contributed by atoms with Crippen LogP contribution in [-0.2, 0) is 6.54 Å². The molecule has 5 heteroatoms. The van der Waals surface area contributed by atoms with Gasteiger partial charge in [0.25, 0.3) is 5.91 Å². The van der Waals surface area contributed by atoms with E-state index in [9.17, 15) is 4.79 Å². The molecule has 5 nitrogen and oxygen atoms in total. The molecule has 0 unspecified atom stereocenters. The van der Waals surface area contributed by atoms with Crippen molar-refractivity contribution < 1.29 is 4.79 Å². The lowest BCUT2D eigenvalue weighted by molar-refractivity contribution is 0.0993. The number of nitrogens with zero attached hydrogens (tertiary/aromatic N) is 2. The van der Waals surface area contributed by atoms with Crippen LogP contribution in [0.5, 0.6) is 0 Å². The SMILES string of the molecule is CC(C)n1nc(C(N)=O)c2c1C=CNC2. The van der Waals surface area contributed by atoms with Crippen LogP contribution in [0.1, 0.15) is 41.6 Å². The van der Waals surface area contributed by atoms with E-state index in [4.69, 9.17) is 5.73 Å². The van der Waals surface area contributed by atoms with Gasteiger partial charge in [0.2, 0.25) is 0 Å². The number of hydrogen-bond donors (Lipinski definition) is 2. The molecule has 0 bridgehead atoms. The number of aromatic nitrogens is 2. The summed E-state index contributed by atoms with van der Waals surface area (Å²) in [5, 5.41) is 7.29. The van der Waals surface area contributed by atoms with Crippen LogP contribution in [0.2, 0.25) is 0 Å². The van der Waals surface area contributed by atoms with Gasteiger partial charge < -0.3 is 11.1 Å². The molecule has 1 aliphatic rings. The fourth-order valence-electron chi connectivity index (χ4n) is 1.72. The number of nitrogens with two attached hydrogens (primary N) is 1. The Morgan fingerprint density at radius 2 is 2.40 bits per heavy atom. The third kappa shape index (κ3) is 1.49. The molecule has 0 saturated carbocycles. The molecule has 2 rings (SSSR count). The summed E-state index contributed by atoms with van der Waals surface area (Å²) in [4.78, 5) is 11.2. The quantitative estimate of drug-likeness (QED) is 0.745. The zero-order valence-corrected chi connectivity index (χ0v) is 8.82. The van der Waals surface area contributed by atoms with E-state index in [1.54, 1.807) is 0 Å². The van der Waals surface area contributed by atoms with Crippen molar-refractivity contribution in [1.82, 2.24) is 15.1 Å². The summed E-state index contributed by atoms with van der Waals surface area (Å²) in [5.74, 6) is -0.470. The fourth-order valence-corrected chi connectivity index (χ4v) is 1.72. The Labute approximate surface area is 87.9 Å². The van der Waals surface area contributed by atoms with Crippen molar-refractivity contribution in [3.63, 3.8) is 0 Å². The predicted octanol–water partition coefficient (Wildman–Crippen LogP) is 0.637. The summed E-state index contributed by atoms with van der Waals surface area (Å²) >= 11 is 0. The zero-order valence-electron chi connectivity index (χ0n) is 8.82. The number of amides is 1. The van der Waals surface area contributed by atoms with E-state index < -0.39 is 5.91 Å². The van der Waals surface area contributed by atoms with E-state index in [2.05, 4.69) is 10.4 Å². The smallest absolute Gasteiger partial charge is 0.269 e. The third-order valence-corrected chi connectivity index (χ3v) is 2.41. The second-order valence-electron chi connectivity index (χ2n) is 3.83. The second kappa shape index (κ2) is 3.42. The lowest BCUT2D eigenvalue weighted by Gasteiger charge is -2.12. The predicted molar refractivity (Wildman–Crippen MR) is 57.0 cm³/mol. The van der Waals surface area contributed by atoms with E-state index in [0.717, 1.165) is 11.3 Å². The van der Waals surface area contributed by atoms with Crippen LogP contribution >= 0.6 is 0 Å². The van der Waals surface area contributed by atoms with Crippen LogP contribution < -0.4 is 11.1 Å². The maximum atomic E-state index is 11.2. The highest BCUT2D eigenvalue weighted by atomic mass is 16.1. The highest BCUT2D eigenvalue weighted by Gasteiger charge is 2.21. The zero-order chi connectivity index (χ0) is 11.0. The van der Waals surface area contributed by atoms with E-state index in [-0.39, 0.29) is 6.04 Å². The van der Waals surface area contributed by atoms with Crippen LogP contribution in [-0.4, -0.2) is 15.7 Å². The van der Waals surface area contributed by atoms with Crippen LogP contribution in [0.15, 0.2) is 6.20 Å². The van der Waals surface area contributed by atoms with Crippen molar-refractivity contribution in [1.29, 1.82) is 0 Å². The van der Waals surface area contributed by atoms with Gasteiger partial charge in [0.05, 0.1) is 5.69 Å². The van der Waals surface area contributed by atoms with Gasteiger partial charge in [0.15, 0.2) is 5.69 Å². The molecule has 0 radical (unpaired) electrons. The first-order valence-electron chi connectivity index (χ1n) is 4.92. The third-order valence-electron chi connectivity index (χ3n) is 2.41. The van der Waals surface area contributed by atoms with E-state index in [1.165, 1.54) is 0 Å². The van der Waals surface area contributed by atoms with E-state index >= 15 is 0 Å². The highest BCUT2D eigenvalue weighted by Crippen LogP contribution is 2.21. The molecule has 0 aromatic carbocycles. The number of fused-ring (bicyclic) bond motifs is 1. The van der Waals surface area contributed by atoms with Crippen molar-refractivity contribution in [2.24, 2.45) is 5.73 Å². The molecule has 1 amide bonds. The van der Waals surface area contributed by atoms with E-state index in [1.807, 2.05) is 30.8 Å². The Hall–Kier alpha value is -1.78. The maximum absolute atomic E-state index is 11.2. The number of hydrogen-bond acceptors (Lipinski definition) is 3. The minimum atomic E-state index is -0.470. The Bertz CT molecular complexity index is 431. The Balaban J connectivity index is 2.61. The molecule has 0 atom stereocenters. The van der Waals surface area contributed by atoms with Crippen molar-refractivity contribution in [3.05, 3.63) is 23.2 Å². The molecule has 80 valence electrons. The largest absolute Gasteiger partial charge is 0.387 e. The minimum Gasteiger partial charge on any atom is -0.387 e. The Morgan fingerprint density at radius 1 is 1.67 bits per heavy atom. The lowest BCUT2D eigenvalue weighted by atomic mass is 10.1. The van der Waals surface area contributed by atoms with Crippen LogP contribution in [0, 0.1) is 0 Å². The van der Waals surface area contributed by atoms with Crippen molar-refractivity contribution in [2.45, 2.75) is 26.4 Å². The molecule has 0 spiro atoms. The van der Waals surface area contributed by atoms with Crippen LogP contribution in [0.4, 0.5) is 0 Å². The first-order valence-corrected chi connectivity index (χ1v) is 4.92. The molecule has 0 saturated heterocycles. The highest BCUT2D eigenvalue weighted by molar-refractivity contribution is 5.93. The molecule has 15 heavy (non-hydrogen) atoms. The average molecular weight is 206 g/mol. The molecule has 3 N–H and O–H groups in total. The van der Waals surface area contributed by atoms with Crippen molar-refractivity contribution >= 4 is 12.0 Å². The summed E-state index contributed by atoms with van der Waals surface area (Å²) in [5.41, 5.74) is 7.51. The van der Waals surface area contributed by atoms with Crippen molar-refractivity contribution in [2.75, 3.05) is 0 Å². The summed E-state index contributed by atoms with van der Waals surface area (Å²) < 4.78 is 1.83. The number of rotatable bonds is 2. The minimum absolute atomic E-state index is 0.217. The summed E-state index contributed by atoms with van der Waals surface area (Å²) in [6.45, 7) is 4.65. The van der Waals surface area contributed by atoms with Gasteiger partial charge in [-0.2, -0.15) is 5.10 Å². The number of carbonyl (C=O) groups is 1. The van der Waals surface area contributed by atoms with Gasteiger partial charge in [-0.25, -0.2) is 0 Å². The van der Waals surface area contributed by atoms with Gasteiger partial charge in [0, 0.05) is 18.2 Å². The summed E-state index contributed by atoms with van der Waals surface area (Å²) in [6, 6.07) is 0.217. The van der Waals surface area contributed by atoms with Gasteiger partial charge in [-0.3, -0.25) is 9.48 Å². The molecular formula is C10H14N4O. The monoisotopic (exact) mass is 206 g/mol. The molecule has 0 aliphatic carbocycles. The second-order valence-corrected chi connectivity index (χ2v) is 3.83. The van der Waals surface area contributed by atoms with Gasteiger partial charge >= 0.3 is 0 Å². The fraction of sp³-hybridized carbons (Fsp3) is 0.400. The Kier molecular flexibility index (Phi) is 2.22. The number of primary amides is 1. The molecule has 1 aromatic rings. The normalized spacial score (nSPS) is 13.8. The van der Waals surface area contributed by atoms with Gasteiger partial charge in [-0.15, -0.1) is 0 Å². The van der Waals surface area contributed by atoms with Gasteiger partial charge in [0.1, 0.15) is 0 Å². The number of nitrogens with one attached hydrogen (secondary N) is 1. The Morgan fingerprint density at radius 3 is 3.00 bits per heavy atom. The van der Waals surface area contributed by atoms with E-state index in [0.29, 0.717) is 12.2 Å². The number of carbonyl (C=O) groups excluding carboxylic acids is 1. The first kappa shape index (κ1) is 9.76. The molecule has 1 aromatic heterocycles. The van der Waals surface area contributed by atoms with Crippen molar-refractivity contribution in [3.8, 4) is 0 Å². The average Bonchev–Trinajstić information content (AvgIpc) is 2.56. The molecule has 1 aliphatic heterocycles.